The lowest BCUT2D eigenvalue weighted by atomic mass is 9.99. The molecule has 0 fully saturated rings. The Morgan fingerprint density at radius 2 is 2.08 bits per heavy atom. The second kappa shape index (κ2) is 5.97. The second-order valence-corrected chi connectivity index (χ2v) is 2.67. The summed E-state index contributed by atoms with van der Waals surface area (Å²) in [5.74, 6) is -0.332. The first-order chi connectivity index (χ1) is 5.67. The third-order valence-corrected chi connectivity index (χ3v) is 1.89. The van der Waals surface area contributed by atoms with Gasteiger partial charge in [0.15, 0.2) is 0 Å². The van der Waals surface area contributed by atoms with Gasteiger partial charge in [0.25, 0.3) is 0 Å². The van der Waals surface area contributed by atoms with Gasteiger partial charge in [0.2, 0.25) is 0 Å². The standard InChI is InChI=1S/C8H17NO3/c1-4-6(5-11-2)7(9)8(10)12-3/h6-7H,4-5,9H2,1-3H3. The predicted octanol–water partition coefficient (Wildman–Crippen LogP) is 0.159. The van der Waals surface area contributed by atoms with Crippen LogP contribution >= 0.6 is 0 Å². The monoisotopic (exact) mass is 175 g/mol. The van der Waals surface area contributed by atoms with Crippen LogP contribution in [0.15, 0.2) is 0 Å². The van der Waals surface area contributed by atoms with Gasteiger partial charge < -0.3 is 15.2 Å². The van der Waals surface area contributed by atoms with Crippen molar-refractivity contribution in [2.24, 2.45) is 11.7 Å². The Balaban J connectivity index is 4.00. The van der Waals surface area contributed by atoms with E-state index in [1.54, 1.807) is 7.11 Å². The summed E-state index contributed by atoms with van der Waals surface area (Å²) >= 11 is 0. The summed E-state index contributed by atoms with van der Waals surface area (Å²) in [5.41, 5.74) is 5.61. The lowest BCUT2D eigenvalue weighted by molar-refractivity contribution is -0.144. The van der Waals surface area contributed by atoms with E-state index in [-0.39, 0.29) is 11.9 Å². The average molecular weight is 175 g/mol. The first-order valence-electron chi connectivity index (χ1n) is 3.99. The van der Waals surface area contributed by atoms with E-state index < -0.39 is 6.04 Å². The number of hydrogen-bond acceptors (Lipinski definition) is 4. The highest BCUT2D eigenvalue weighted by Crippen LogP contribution is 2.08. The summed E-state index contributed by atoms with van der Waals surface area (Å²) in [6, 6.07) is -0.569. The molecule has 0 aromatic heterocycles. The Hall–Kier alpha value is -0.610. The van der Waals surface area contributed by atoms with Crippen LogP contribution in [0.1, 0.15) is 13.3 Å². The zero-order chi connectivity index (χ0) is 9.56. The third-order valence-electron chi connectivity index (χ3n) is 1.89. The van der Waals surface area contributed by atoms with E-state index in [0.717, 1.165) is 6.42 Å². The van der Waals surface area contributed by atoms with E-state index in [9.17, 15) is 4.79 Å². The summed E-state index contributed by atoms with van der Waals surface area (Å²) in [5, 5.41) is 0. The minimum atomic E-state index is -0.569. The van der Waals surface area contributed by atoms with E-state index in [1.165, 1.54) is 7.11 Å². The third kappa shape index (κ3) is 3.19. The highest BCUT2D eigenvalue weighted by Gasteiger charge is 2.23. The fraction of sp³-hybridized carbons (Fsp3) is 0.875. The Kier molecular flexibility index (Phi) is 5.66. The van der Waals surface area contributed by atoms with Crippen LogP contribution in [0.5, 0.6) is 0 Å². The molecule has 0 heterocycles. The van der Waals surface area contributed by atoms with Crippen molar-refractivity contribution in [2.45, 2.75) is 19.4 Å². The molecule has 0 rings (SSSR count). The van der Waals surface area contributed by atoms with Crippen molar-refractivity contribution >= 4 is 5.97 Å². The zero-order valence-electron chi connectivity index (χ0n) is 7.87. The van der Waals surface area contributed by atoms with Crippen LogP contribution < -0.4 is 5.73 Å². The molecule has 0 aliphatic carbocycles. The first-order valence-corrected chi connectivity index (χ1v) is 3.99. The molecule has 0 saturated carbocycles. The molecule has 2 unspecified atom stereocenters. The summed E-state index contributed by atoms with van der Waals surface area (Å²) in [4.78, 5) is 11.0. The lowest BCUT2D eigenvalue weighted by Gasteiger charge is -2.19. The summed E-state index contributed by atoms with van der Waals surface area (Å²) in [7, 11) is 2.92. The number of rotatable bonds is 5. The van der Waals surface area contributed by atoms with Gasteiger partial charge in [-0.15, -0.1) is 0 Å². The number of methoxy groups -OCH3 is 2. The van der Waals surface area contributed by atoms with Crippen molar-refractivity contribution in [3.8, 4) is 0 Å². The number of nitrogens with two attached hydrogens (primary N) is 1. The fourth-order valence-electron chi connectivity index (χ4n) is 1.02. The molecule has 0 amide bonds. The highest BCUT2D eigenvalue weighted by atomic mass is 16.5. The smallest absolute Gasteiger partial charge is 0.323 e. The molecule has 0 radical (unpaired) electrons. The first kappa shape index (κ1) is 11.4. The molecule has 2 atom stereocenters. The largest absolute Gasteiger partial charge is 0.468 e. The molecule has 0 spiro atoms. The summed E-state index contributed by atoms with van der Waals surface area (Å²) in [6.45, 7) is 2.46. The number of carbonyl (C=O) groups is 1. The van der Waals surface area contributed by atoms with Gasteiger partial charge in [-0.1, -0.05) is 6.92 Å². The SMILES string of the molecule is CCC(COC)C(N)C(=O)OC. The zero-order valence-corrected chi connectivity index (χ0v) is 7.87. The average Bonchev–Trinajstić information content (AvgIpc) is 2.11. The predicted molar refractivity (Wildman–Crippen MR) is 45.6 cm³/mol. The Morgan fingerprint density at radius 1 is 1.50 bits per heavy atom. The van der Waals surface area contributed by atoms with Gasteiger partial charge in [-0.05, 0) is 6.42 Å². The second-order valence-electron chi connectivity index (χ2n) is 2.67. The Morgan fingerprint density at radius 3 is 2.42 bits per heavy atom. The van der Waals surface area contributed by atoms with Crippen molar-refractivity contribution < 1.29 is 14.3 Å². The van der Waals surface area contributed by atoms with Crippen molar-refractivity contribution in [1.82, 2.24) is 0 Å². The summed E-state index contributed by atoms with van der Waals surface area (Å²) in [6.07, 6.45) is 0.810. The molecule has 0 saturated heterocycles. The van der Waals surface area contributed by atoms with E-state index >= 15 is 0 Å². The Labute approximate surface area is 73.0 Å². The number of hydrogen-bond donors (Lipinski definition) is 1. The molecule has 4 heteroatoms. The quantitative estimate of drug-likeness (QED) is 0.604. The maximum absolute atomic E-state index is 11.0. The molecular weight excluding hydrogens is 158 g/mol. The number of carbonyl (C=O) groups excluding carboxylic acids is 1. The van der Waals surface area contributed by atoms with Crippen molar-refractivity contribution in [3.05, 3.63) is 0 Å². The molecular formula is C8H17NO3. The maximum atomic E-state index is 11.0. The normalized spacial score (nSPS) is 15.3. The van der Waals surface area contributed by atoms with Crippen LogP contribution in [-0.4, -0.2) is 32.8 Å². The molecule has 0 aliphatic heterocycles. The topological polar surface area (TPSA) is 61.5 Å². The van der Waals surface area contributed by atoms with E-state index in [1.807, 2.05) is 6.92 Å². The van der Waals surface area contributed by atoms with E-state index in [0.29, 0.717) is 6.61 Å². The minimum Gasteiger partial charge on any atom is -0.468 e. The lowest BCUT2D eigenvalue weighted by Crippen LogP contribution is -2.40. The van der Waals surface area contributed by atoms with Gasteiger partial charge in [0.05, 0.1) is 13.7 Å². The van der Waals surface area contributed by atoms with Crippen LogP contribution in [0.4, 0.5) is 0 Å². The van der Waals surface area contributed by atoms with Crippen molar-refractivity contribution in [1.29, 1.82) is 0 Å². The summed E-state index contributed by atoms with van der Waals surface area (Å²) < 4.78 is 9.44. The van der Waals surface area contributed by atoms with Crippen LogP contribution in [0.3, 0.4) is 0 Å². The number of esters is 1. The van der Waals surface area contributed by atoms with Crippen molar-refractivity contribution in [2.75, 3.05) is 20.8 Å². The molecule has 72 valence electrons. The van der Waals surface area contributed by atoms with Gasteiger partial charge in [0.1, 0.15) is 6.04 Å². The van der Waals surface area contributed by atoms with Gasteiger partial charge in [-0.2, -0.15) is 0 Å². The van der Waals surface area contributed by atoms with Crippen molar-refractivity contribution in [3.63, 3.8) is 0 Å². The molecule has 2 N–H and O–H groups in total. The molecule has 12 heavy (non-hydrogen) atoms. The van der Waals surface area contributed by atoms with Crippen LogP contribution in [0.2, 0.25) is 0 Å². The van der Waals surface area contributed by atoms with Gasteiger partial charge in [-0.25, -0.2) is 0 Å². The van der Waals surface area contributed by atoms with Gasteiger partial charge in [-0.3, -0.25) is 4.79 Å². The van der Waals surface area contributed by atoms with Crippen LogP contribution in [0.25, 0.3) is 0 Å². The molecule has 0 aromatic rings. The van der Waals surface area contributed by atoms with Crippen LogP contribution in [0, 0.1) is 5.92 Å². The van der Waals surface area contributed by atoms with E-state index in [4.69, 9.17) is 10.5 Å². The van der Waals surface area contributed by atoms with Crippen LogP contribution in [-0.2, 0) is 14.3 Å². The Bertz CT molecular complexity index is 138. The molecule has 0 bridgehead atoms. The van der Waals surface area contributed by atoms with E-state index in [2.05, 4.69) is 4.74 Å². The number of ether oxygens (including phenoxy) is 2. The fourth-order valence-corrected chi connectivity index (χ4v) is 1.02. The highest BCUT2D eigenvalue weighted by molar-refractivity contribution is 5.75. The molecule has 0 aromatic carbocycles. The maximum Gasteiger partial charge on any atom is 0.323 e. The molecule has 0 aliphatic rings. The molecule has 4 nitrogen and oxygen atoms in total. The van der Waals surface area contributed by atoms with Gasteiger partial charge >= 0.3 is 5.97 Å². The van der Waals surface area contributed by atoms with Gasteiger partial charge in [0, 0.05) is 13.0 Å². The minimum absolute atomic E-state index is 0.0439.